The van der Waals surface area contributed by atoms with Crippen LogP contribution in [0.3, 0.4) is 0 Å². The van der Waals surface area contributed by atoms with Crippen molar-refractivity contribution in [3.63, 3.8) is 0 Å². The maximum atomic E-state index is 4.94. The molecule has 45 heavy (non-hydrogen) atoms. The molecule has 0 amide bonds. The minimum atomic E-state index is 1.04. The maximum Gasteiger partial charge on any atom is 0.114 e. The molecular formula is C38H36N2S5. The average Bonchev–Trinajstić information content (AvgIpc) is 3.87. The molecule has 0 bridgehead atoms. The van der Waals surface area contributed by atoms with Crippen LogP contribution >= 0.6 is 57.1 Å². The first-order valence-electron chi connectivity index (χ1n) is 16.3. The minimum absolute atomic E-state index is 1.04. The second-order valence-corrected chi connectivity index (χ2v) is 16.5. The Morgan fingerprint density at radius 3 is 1.29 bits per heavy atom. The molecule has 0 aliphatic heterocycles. The van der Waals surface area contributed by atoms with Gasteiger partial charge in [-0.2, -0.15) is 8.75 Å². The van der Waals surface area contributed by atoms with E-state index >= 15 is 0 Å². The van der Waals surface area contributed by atoms with E-state index in [0.29, 0.717) is 0 Å². The Morgan fingerprint density at radius 2 is 0.889 bits per heavy atom. The minimum Gasteiger partial charge on any atom is -0.172 e. The molecular weight excluding hydrogens is 645 g/mol. The van der Waals surface area contributed by atoms with Crippen LogP contribution in [0.5, 0.6) is 0 Å². The van der Waals surface area contributed by atoms with Gasteiger partial charge in [0.25, 0.3) is 0 Å². The fourth-order valence-electron chi connectivity index (χ4n) is 7.28. The Hall–Kier alpha value is -2.68. The smallest absolute Gasteiger partial charge is 0.114 e. The highest BCUT2D eigenvalue weighted by Crippen LogP contribution is 2.48. The van der Waals surface area contributed by atoms with Crippen LogP contribution in [0.15, 0.2) is 47.2 Å². The van der Waals surface area contributed by atoms with Crippen LogP contribution < -0.4 is 0 Å². The average molecular weight is 681 g/mol. The first-order chi connectivity index (χ1) is 22.2. The monoisotopic (exact) mass is 680 g/mol. The SMILES string of the molecule is CCCc1c(CCC)c2sc(-c3ccc(-c4cc5c(s4)c(CCC)c(CCC)c4sccc45)c4nsnc34)cc2c2ccsc12. The van der Waals surface area contributed by atoms with Gasteiger partial charge in [0, 0.05) is 61.2 Å². The lowest BCUT2D eigenvalue weighted by atomic mass is 9.95. The molecule has 0 saturated heterocycles. The zero-order valence-corrected chi connectivity index (χ0v) is 30.3. The molecule has 8 rings (SSSR count). The highest BCUT2D eigenvalue weighted by Gasteiger charge is 2.22. The molecule has 0 aliphatic carbocycles. The first-order valence-corrected chi connectivity index (χ1v) is 20.4. The van der Waals surface area contributed by atoms with E-state index in [-0.39, 0.29) is 0 Å². The van der Waals surface area contributed by atoms with Gasteiger partial charge in [0.05, 0.1) is 11.7 Å². The summed E-state index contributed by atoms with van der Waals surface area (Å²) in [5.74, 6) is 0. The molecule has 0 aliphatic rings. The van der Waals surface area contributed by atoms with Crippen LogP contribution in [-0.2, 0) is 25.7 Å². The van der Waals surface area contributed by atoms with E-state index in [4.69, 9.17) is 8.75 Å². The summed E-state index contributed by atoms with van der Waals surface area (Å²) in [5.41, 5.74) is 10.8. The van der Waals surface area contributed by atoms with E-state index in [1.165, 1.54) is 85.8 Å². The van der Waals surface area contributed by atoms with Crippen LogP contribution in [0.4, 0.5) is 0 Å². The molecule has 8 aromatic rings. The number of benzene rings is 3. The van der Waals surface area contributed by atoms with Crippen LogP contribution in [0.25, 0.3) is 72.3 Å². The van der Waals surface area contributed by atoms with Crippen molar-refractivity contribution in [1.29, 1.82) is 0 Å². The highest BCUT2D eigenvalue weighted by molar-refractivity contribution is 7.24. The number of thiophene rings is 4. The van der Waals surface area contributed by atoms with Crippen molar-refractivity contribution in [3.05, 3.63) is 69.4 Å². The van der Waals surface area contributed by atoms with Gasteiger partial charge in [0.2, 0.25) is 0 Å². The van der Waals surface area contributed by atoms with Crippen LogP contribution in [0.1, 0.15) is 75.6 Å². The molecule has 0 spiro atoms. The van der Waals surface area contributed by atoms with Gasteiger partial charge in [-0.25, -0.2) is 0 Å². The number of nitrogens with zero attached hydrogens (tertiary/aromatic N) is 2. The second-order valence-electron chi connectivity index (χ2n) is 12.1. The summed E-state index contributed by atoms with van der Waals surface area (Å²) in [4.78, 5) is 2.61. The van der Waals surface area contributed by atoms with Crippen molar-refractivity contribution in [1.82, 2.24) is 8.75 Å². The Morgan fingerprint density at radius 1 is 0.489 bits per heavy atom. The standard InChI is InChI=1S/C38H36N2S5/c1-5-9-21-23(11-7-3)37-29(25-15-17-41-35(21)25)19-31(43-37)27-13-14-28(34-33(27)39-45-40-34)32-20-30-26-16-18-42-36(26)22(10-6-2)24(12-8-4)38(30)44-32/h13-20H,5-12H2,1-4H3. The van der Waals surface area contributed by atoms with Gasteiger partial charge in [-0.1, -0.05) is 65.5 Å². The van der Waals surface area contributed by atoms with E-state index in [1.54, 1.807) is 22.3 Å². The van der Waals surface area contributed by atoms with Gasteiger partial charge in [0.15, 0.2) is 0 Å². The van der Waals surface area contributed by atoms with Gasteiger partial charge in [-0.3, -0.25) is 0 Å². The highest BCUT2D eigenvalue weighted by atomic mass is 32.1. The zero-order chi connectivity index (χ0) is 30.7. The molecule has 228 valence electrons. The number of hydrogen-bond acceptors (Lipinski definition) is 7. The number of aromatic nitrogens is 2. The molecule has 0 atom stereocenters. The van der Waals surface area contributed by atoms with Crippen LogP contribution in [0.2, 0.25) is 0 Å². The summed E-state index contributed by atoms with van der Waals surface area (Å²) in [6.07, 6.45) is 9.25. The lowest BCUT2D eigenvalue weighted by Gasteiger charge is -2.12. The molecule has 0 saturated carbocycles. The third-order valence-corrected chi connectivity index (χ3v) is 14.1. The Labute approximate surface area is 284 Å². The van der Waals surface area contributed by atoms with Gasteiger partial charge in [0.1, 0.15) is 11.0 Å². The molecule has 2 nitrogen and oxygen atoms in total. The van der Waals surface area contributed by atoms with Crippen molar-refractivity contribution >= 4 is 108 Å². The van der Waals surface area contributed by atoms with E-state index < -0.39 is 0 Å². The lowest BCUT2D eigenvalue weighted by Crippen LogP contribution is -1.95. The van der Waals surface area contributed by atoms with E-state index in [1.807, 2.05) is 45.3 Å². The first kappa shape index (κ1) is 29.7. The van der Waals surface area contributed by atoms with E-state index in [2.05, 4.69) is 74.9 Å². The molecule has 0 radical (unpaired) electrons. The predicted molar refractivity (Wildman–Crippen MR) is 206 cm³/mol. The molecule has 0 unspecified atom stereocenters. The predicted octanol–water partition coefficient (Wildman–Crippen LogP) is 13.7. The molecule has 7 heteroatoms. The molecule has 0 fully saturated rings. The van der Waals surface area contributed by atoms with Crippen molar-refractivity contribution in [3.8, 4) is 20.9 Å². The largest absolute Gasteiger partial charge is 0.172 e. The van der Waals surface area contributed by atoms with E-state index in [0.717, 1.165) is 49.6 Å². The van der Waals surface area contributed by atoms with Crippen molar-refractivity contribution in [2.45, 2.75) is 79.1 Å². The van der Waals surface area contributed by atoms with Gasteiger partial charge < -0.3 is 0 Å². The molecule has 3 aromatic carbocycles. The van der Waals surface area contributed by atoms with Crippen molar-refractivity contribution in [2.24, 2.45) is 0 Å². The fourth-order valence-corrected chi connectivity index (χ4v) is 12.5. The number of fused-ring (bicyclic) bond motifs is 7. The third kappa shape index (κ3) is 4.72. The third-order valence-electron chi connectivity index (χ3n) is 9.15. The Kier molecular flexibility index (Phi) is 8.03. The Bertz CT molecular complexity index is 2180. The maximum absolute atomic E-state index is 4.94. The Balaban J connectivity index is 1.31. The second kappa shape index (κ2) is 12.2. The fraction of sp³-hybridized carbons (Fsp3) is 0.316. The van der Waals surface area contributed by atoms with Crippen LogP contribution in [0, 0.1) is 0 Å². The number of rotatable bonds is 10. The summed E-state index contributed by atoms with van der Waals surface area (Å²) < 4.78 is 15.8. The summed E-state index contributed by atoms with van der Waals surface area (Å²) in [7, 11) is 0. The number of hydrogen-bond donors (Lipinski definition) is 0. The topological polar surface area (TPSA) is 25.8 Å². The summed E-state index contributed by atoms with van der Waals surface area (Å²) in [6.45, 7) is 9.23. The normalized spacial score (nSPS) is 12.3. The number of aryl methyl sites for hydroxylation is 4. The van der Waals surface area contributed by atoms with Gasteiger partial charge in [-0.15, -0.1) is 45.3 Å². The van der Waals surface area contributed by atoms with E-state index in [9.17, 15) is 0 Å². The summed E-state index contributed by atoms with van der Waals surface area (Å²) in [6, 6.07) is 14.2. The summed E-state index contributed by atoms with van der Waals surface area (Å²) in [5, 5.41) is 10.2. The van der Waals surface area contributed by atoms with Crippen LogP contribution in [-0.4, -0.2) is 8.75 Å². The lowest BCUT2D eigenvalue weighted by molar-refractivity contribution is 0.877. The molecule has 5 aromatic heterocycles. The van der Waals surface area contributed by atoms with Crippen molar-refractivity contribution < 1.29 is 0 Å². The zero-order valence-electron chi connectivity index (χ0n) is 26.2. The van der Waals surface area contributed by atoms with Crippen molar-refractivity contribution in [2.75, 3.05) is 0 Å². The van der Waals surface area contributed by atoms with Gasteiger partial charge in [-0.05, 0) is 83.0 Å². The molecule has 0 N–H and O–H groups in total. The molecule has 5 heterocycles. The summed E-state index contributed by atoms with van der Waals surface area (Å²) >= 11 is 9.09. The quantitative estimate of drug-likeness (QED) is 0.144. The van der Waals surface area contributed by atoms with Gasteiger partial charge >= 0.3 is 0 Å².